The minimum atomic E-state index is 0.449. The monoisotopic (exact) mass is 286 g/mol. The number of methoxy groups -OCH3 is 1. The summed E-state index contributed by atoms with van der Waals surface area (Å²) in [5.41, 5.74) is 2.13. The summed E-state index contributed by atoms with van der Waals surface area (Å²) in [5, 5.41) is 0.596. The van der Waals surface area contributed by atoms with Crippen molar-refractivity contribution in [3.05, 3.63) is 53.9 Å². The SMILES string of the molecule is COc1ccc(Cl)cc1-c1nc(-c2ccccn2)co1. The number of hydrogen-bond acceptors (Lipinski definition) is 4. The van der Waals surface area contributed by atoms with Crippen LogP contribution in [0.4, 0.5) is 0 Å². The maximum atomic E-state index is 6.01. The third-order valence-corrected chi connectivity index (χ3v) is 3.06. The van der Waals surface area contributed by atoms with Crippen molar-refractivity contribution in [2.24, 2.45) is 0 Å². The number of ether oxygens (including phenoxy) is 1. The van der Waals surface area contributed by atoms with Crippen molar-refractivity contribution in [3.63, 3.8) is 0 Å². The van der Waals surface area contributed by atoms with Gasteiger partial charge in [0.25, 0.3) is 0 Å². The Bertz CT molecular complexity index is 726. The van der Waals surface area contributed by atoms with E-state index in [1.54, 1.807) is 37.8 Å². The van der Waals surface area contributed by atoms with Crippen LogP contribution in [0.25, 0.3) is 22.8 Å². The predicted octanol–water partition coefficient (Wildman–Crippen LogP) is 4.07. The van der Waals surface area contributed by atoms with Gasteiger partial charge in [0.05, 0.1) is 18.4 Å². The largest absolute Gasteiger partial charge is 0.496 e. The molecule has 0 aliphatic rings. The Balaban J connectivity index is 2.04. The molecule has 2 aromatic heterocycles. The Morgan fingerprint density at radius 2 is 2.05 bits per heavy atom. The second-order valence-corrected chi connectivity index (χ2v) is 4.53. The van der Waals surface area contributed by atoms with E-state index in [2.05, 4.69) is 9.97 Å². The van der Waals surface area contributed by atoms with Crippen molar-refractivity contribution in [1.29, 1.82) is 0 Å². The highest BCUT2D eigenvalue weighted by Gasteiger charge is 2.14. The van der Waals surface area contributed by atoms with Gasteiger partial charge in [-0.05, 0) is 30.3 Å². The summed E-state index contributed by atoms with van der Waals surface area (Å²) in [6, 6.07) is 10.9. The average molecular weight is 287 g/mol. The molecule has 0 bridgehead atoms. The van der Waals surface area contributed by atoms with Crippen LogP contribution in [-0.2, 0) is 0 Å². The van der Waals surface area contributed by atoms with Gasteiger partial charge in [-0.3, -0.25) is 4.98 Å². The Morgan fingerprint density at radius 1 is 1.15 bits per heavy atom. The third kappa shape index (κ3) is 2.38. The number of halogens is 1. The zero-order valence-electron chi connectivity index (χ0n) is 10.7. The predicted molar refractivity (Wildman–Crippen MR) is 76.7 cm³/mol. The summed E-state index contributed by atoms with van der Waals surface area (Å²) < 4.78 is 10.8. The molecule has 0 aliphatic heterocycles. The molecule has 3 aromatic rings. The molecule has 0 unspecified atom stereocenters. The fraction of sp³-hybridized carbons (Fsp3) is 0.0667. The number of hydrogen-bond donors (Lipinski definition) is 0. The zero-order valence-corrected chi connectivity index (χ0v) is 11.5. The Morgan fingerprint density at radius 3 is 2.80 bits per heavy atom. The molecule has 1 aromatic carbocycles. The van der Waals surface area contributed by atoms with Gasteiger partial charge in [-0.1, -0.05) is 17.7 Å². The molecule has 0 aliphatic carbocycles. The first kappa shape index (κ1) is 12.7. The molecule has 3 rings (SSSR count). The summed E-state index contributed by atoms with van der Waals surface area (Å²) in [6.07, 6.45) is 3.28. The van der Waals surface area contributed by atoms with E-state index in [1.807, 2.05) is 18.2 Å². The molecule has 20 heavy (non-hydrogen) atoms. The number of aromatic nitrogens is 2. The average Bonchev–Trinajstić information content (AvgIpc) is 2.98. The van der Waals surface area contributed by atoms with Crippen molar-refractivity contribution in [1.82, 2.24) is 9.97 Å². The lowest BCUT2D eigenvalue weighted by molar-refractivity contribution is 0.414. The van der Waals surface area contributed by atoms with Crippen LogP contribution in [0.2, 0.25) is 5.02 Å². The molecule has 0 radical (unpaired) electrons. The summed E-state index contributed by atoms with van der Waals surface area (Å²) >= 11 is 6.01. The van der Waals surface area contributed by atoms with Crippen LogP contribution in [0.5, 0.6) is 5.75 Å². The van der Waals surface area contributed by atoms with Crippen LogP contribution < -0.4 is 4.74 Å². The summed E-state index contributed by atoms with van der Waals surface area (Å²) in [6.45, 7) is 0. The van der Waals surface area contributed by atoms with E-state index in [0.29, 0.717) is 27.9 Å². The van der Waals surface area contributed by atoms with Crippen LogP contribution >= 0.6 is 11.6 Å². The highest BCUT2D eigenvalue weighted by atomic mass is 35.5. The molecule has 2 heterocycles. The molecule has 0 fully saturated rings. The molecule has 0 N–H and O–H groups in total. The smallest absolute Gasteiger partial charge is 0.230 e. The Kier molecular flexibility index (Phi) is 3.39. The summed E-state index contributed by atoms with van der Waals surface area (Å²) in [5.74, 6) is 1.11. The van der Waals surface area contributed by atoms with E-state index >= 15 is 0 Å². The highest BCUT2D eigenvalue weighted by molar-refractivity contribution is 6.30. The van der Waals surface area contributed by atoms with E-state index in [4.69, 9.17) is 20.8 Å². The maximum absolute atomic E-state index is 6.01. The van der Waals surface area contributed by atoms with E-state index in [9.17, 15) is 0 Å². The van der Waals surface area contributed by atoms with Crippen molar-refractivity contribution < 1.29 is 9.15 Å². The van der Waals surface area contributed by atoms with Gasteiger partial charge in [-0.2, -0.15) is 0 Å². The lowest BCUT2D eigenvalue weighted by Crippen LogP contribution is -1.88. The van der Waals surface area contributed by atoms with Crippen LogP contribution in [-0.4, -0.2) is 17.1 Å². The Labute approximate surface area is 121 Å². The first-order valence-electron chi connectivity index (χ1n) is 5.99. The molecule has 0 saturated carbocycles. The van der Waals surface area contributed by atoms with E-state index in [-0.39, 0.29) is 0 Å². The second-order valence-electron chi connectivity index (χ2n) is 4.10. The van der Waals surface area contributed by atoms with Crippen molar-refractivity contribution >= 4 is 11.6 Å². The van der Waals surface area contributed by atoms with Gasteiger partial charge < -0.3 is 9.15 Å². The highest BCUT2D eigenvalue weighted by Crippen LogP contribution is 2.33. The van der Waals surface area contributed by atoms with E-state index in [0.717, 1.165) is 5.69 Å². The molecule has 0 amide bonds. The maximum Gasteiger partial charge on any atom is 0.230 e. The first-order chi connectivity index (χ1) is 9.78. The van der Waals surface area contributed by atoms with Gasteiger partial charge in [-0.25, -0.2) is 4.98 Å². The quantitative estimate of drug-likeness (QED) is 0.728. The number of nitrogens with zero attached hydrogens (tertiary/aromatic N) is 2. The number of benzene rings is 1. The van der Waals surface area contributed by atoms with Gasteiger partial charge >= 0.3 is 0 Å². The molecule has 0 saturated heterocycles. The minimum Gasteiger partial charge on any atom is -0.496 e. The fourth-order valence-corrected chi connectivity index (χ4v) is 2.05. The van der Waals surface area contributed by atoms with E-state index in [1.165, 1.54) is 0 Å². The van der Waals surface area contributed by atoms with Gasteiger partial charge in [0.15, 0.2) is 0 Å². The van der Waals surface area contributed by atoms with Crippen LogP contribution in [0.1, 0.15) is 0 Å². The molecule has 0 atom stereocenters. The third-order valence-electron chi connectivity index (χ3n) is 2.82. The molecule has 5 heteroatoms. The van der Waals surface area contributed by atoms with Crippen LogP contribution in [0.3, 0.4) is 0 Å². The molecule has 100 valence electrons. The first-order valence-corrected chi connectivity index (χ1v) is 6.36. The summed E-state index contributed by atoms with van der Waals surface area (Å²) in [7, 11) is 1.59. The molecule has 4 nitrogen and oxygen atoms in total. The standard InChI is InChI=1S/C15H11ClN2O2/c1-19-14-6-5-10(16)8-11(14)15-18-13(9-20-15)12-4-2-3-7-17-12/h2-9H,1H3. The number of oxazole rings is 1. The Hall–Kier alpha value is -2.33. The number of rotatable bonds is 3. The van der Waals surface area contributed by atoms with Crippen molar-refractivity contribution in [3.8, 4) is 28.6 Å². The van der Waals surface area contributed by atoms with Crippen LogP contribution in [0, 0.1) is 0 Å². The fourth-order valence-electron chi connectivity index (χ4n) is 1.88. The normalized spacial score (nSPS) is 10.5. The second kappa shape index (κ2) is 5.35. The summed E-state index contributed by atoms with van der Waals surface area (Å²) in [4.78, 5) is 8.67. The van der Waals surface area contributed by atoms with Gasteiger partial charge in [0, 0.05) is 11.2 Å². The van der Waals surface area contributed by atoms with Gasteiger partial charge in [0.2, 0.25) is 5.89 Å². The zero-order chi connectivity index (χ0) is 13.9. The molecular weight excluding hydrogens is 276 g/mol. The van der Waals surface area contributed by atoms with Crippen LogP contribution in [0.15, 0.2) is 53.3 Å². The molecule has 0 spiro atoms. The van der Waals surface area contributed by atoms with Gasteiger partial charge in [-0.15, -0.1) is 0 Å². The van der Waals surface area contributed by atoms with E-state index < -0.39 is 0 Å². The molecular formula is C15H11ClN2O2. The topological polar surface area (TPSA) is 48.2 Å². The number of pyridine rings is 1. The van der Waals surface area contributed by atoms with Crippen molar-refractivity contribution in [2.45, 2.75) is 0 Å². The lowest BCUT2D eigenvalue weighted by atomic mass is 10.2. The van der Waals surface area contributed by atoms with Crippen molar-refractivity contribution in [2.75, 3.05) is 7.11 Å². The minimum absolute atomic E-state index is 0.449. The van der Waals surface area contributed by atoms with Gasteiger partial charge in [0.1, 0.15) is 17.7 Å². The lowest BCUT2D eigenvalue weighted by Gasteiger charge is -2.05.